The Morgan fingerprint density at radius 1 is 1.12 bits per heavy atom. The summed E-state index contributed by atoms with van der Waals surface area (Å²) in [6.07, 6.45) is 0. The van der Waals surface area contributed by atoms with Crippen LogP contribution in [0.15, 0.2) is 46.9 Å². The molecule has 0 unspecified atom stereocenters. The highest BCUT2D eigenvalue weighted by Gasteiger charge is 2.06. The monoisotopic (exact) mass is 406 g/mol. The number of halogens is 1. The minimum atomic E-state index is -0.440. The highest BCUT2D eigenvalue weighted by Crippen LogP contribution is 2.21. The molecule has 0 atom stereocenters. The van der Waals surface area contributed by atoms with Gasteiger partial charge in [-0.25, -0.2) is 4.79 Å². The first-order valence-corrected chi connectivity index (χ1v) is 8.37. The molecule has 2 aromatic carbocycles. The Morgan fingerprint density at radius 3 is 2.48 bits per heavy atom. The van der Waals surface area contributed by atoms with Crippen molar-refractivity contribution in [3.05, 3.63) is 52.5 Å². The lowest BCUT2D eigenvalue weighted by Crippen LogP contribution is -2.22. The molecule has 0 aromatic heterocycles. The summed E-state index contributed by atoms with van der Waals surface area (Å²) in [7, 11) is 1.31. The number of amides is 1. The number of rotatable bonds is 7. The minimum absolute atomic E-state index is 0.138. The smallest absolute Gasteiger partial charge is 0.343 e. The Kier molecular flexibility index (Phi) is 6.82. The van der Waals surface area contributed by atoms with Crippen molar-refractivity contribution in [2.45, 2.75) is 6.92 Å². The van der Waals surface area contributed by atoms with Crippen molar-refractivity contribution in [1.82, 2.24) is 0 Å². The van der Waals surface area contributed by atoms with Gasteiger partial charge < -0.3 is 20.1 Å². The largest absolute Gasteiger partial charge is 0.482 e. The van der Waals surface area contributed by atoms with Crippen molar-refractivity contribution >= 4 is 39.2 Å². The third-order valence-electron chi connectivity index (χ3n) is 3.35. The fourth-order valence-electron chi connectivity index (χ4n) is 2.04. The summed E-state index contributed by atoms with van der Waals surface area (Å²) in [5.41, 5.74) is 2.45. The molecule has 0 saturated heterocycles. The molecule has 0 spiro atoms. The summed E-state index contributed by atoms with van der Waals surface area (Å²) in [5, 5.41) is 5.89. The summed E-state index contributed by atoms with van der Waals surface area (Å²) >= 11 is 3.35. The highest BCUT2D eigenvalue weighted by atomic mass is 79.9. The zero-order chi connectivity index (χ0) is 18.2. The van der Waals surface area contributed by atoms with Crippen LogP contribution in [-0.4, -0.2) is 32.1 Å². The third-order valence-corrected chi connectivity index (χ3v) is 3.88. The maximum Gasteiger partial charge on any atom is 0.343 e. The van der Waals surface area contributed by atoms with Gasteiger partial charge in [-0.2, -0.15) is 0 Å². The average molecular weight is 407 g/mol. The molecule has 6 nitrogen and oxygen atoms in total. The molecule has 25 heavy (non-hydrogen) atoms. The van der Waals surface area contributed by atoms with Crippen molar-refractivity contribution in [3.8, 4) is 5.75 Å². The van der Waals surface area contributed by atoms with Gasteiger partial charge in [0.05, 0.1) is 13.7 Å². The van der Waals surface area contributed by atoms with Crippen molar-refractivity contribution in [2.24, 2.45) is 0 Å². The van der Waals surface area contributed by atoms with E-state index in [1.54, 1.807) is 18.2 Å². The maximum absolute atomic E-state index is 12.0. The molecule has 0 radical (unpaired) electrons. The Balaban J connectivity index is 1.86. The zero-order valence-electron chi connectivity index (χ0n) is 14.0. The van der Waals surface area contributed by atoms with E-state index in [1.807, 2.05) is 31.2 Å². The number of hydrogen-bond donors (Lipinski definition) is 2. The van der Waals surface area contributed by atoms with Crippen LogP contribution in [0.2, 0.25) is 0 Å². The van der Waals surface area contributed by atoms with E-state index in [0.29, 0.717) is 5.75 Å². The van der Waals surface area contributed by atoms with Crippen LogP contribution in [-0.2, 0) is 14.3 Å². The number of methoxy groups -OCH3 is 1. The van der Waals surface area contributed by atoms with E-state index in [2.05, 4.69) is 31.3 Å². The fourth-order valence-corrected chi connectivity index (χ4v) is 2.30. The second-order valence-electron chi connectivity index (χ2n) is 5.25. The van der Waals surface area contributed by atoms with Crippen molar-refractivity contribution in [2.75, 3.05) is 30.9 Å². The minimum Gasteiger partial charge on any atom is -0.482 e. The first-order valence-electron chi connectivity index (χ1n) is 7.57. The van der Waals surface area contributed by atoms with E-state index in [9.17, 15) is 9.59 Å². The van der Waals surface area contributed by atoms with Gasteiger partial charge in [0, 0.05) is 15.8 Å². The topological polar surface area (TPSA) is 76.7 Å². The molecule has 0 bridgehead atoms. The quantitative estimate of drug-likeness (QED) is 0.689. The maximum atomic E-state index is 12.0. The number of esters is 1. The van der Waals surface area contributed by atoms with Crippen LogP contribution in [0.25, 0.3) is 0 Å². The summed E-state index contributed by atoms with van der Waals surface area (Å²) in [5.74, 6) is -0.0232. The van der Waals surface area contributed by atoms with E-state index in [1.165, 1.54) is 7.11 Å². The molecule has 7 heteroatoms. The predicted octanol–water partition coefficient (Wildman–Crippen LogP) is 3.36. The molecule has 0 saturated carbocycles. The van der Waals surface area contributed by atoms with E-state index >= 15 is 0 Å². The number of aryl methyl sites for hydroxylation is 1. The van der Waals surface area contributed by atoms with E-state index in [0.717, 1.165) is 21.4 Å². The molecular weight excluding hydrogens is 388 g/mol. The zero-order valence-corrected chi connectivity index (χ0v) is 15.6. The lowest BCUT2D eigenvalue weighted by atomic mass is 10.2. The molecule has 0 fully saturated rings. The predicted molar refractivity (Wildman–Crippen MR) is 100.0 cm³/mol. The van der Waals surface area contributed by atoms with Crippen LogP contribution in [0.5, 0.6) is 5.75 Å². The van der Waals surface area contributed by atoms with Gasteiger partial charge in [-0.3, -0.25) is 4.79 Å². The standard InChI is InChI=1S/C18H19BrN2O4/c1-12-9-15(25-11-18(23)24-2)7-8-16(12)20-10-17(22)21-14-5-3-13(19)4-6-14/h3-9,20H,10-11H2,1-2H3,(H,21,22). The van der Waals surface area contributed by atoms with Crippen LogP contribution in [0.4, 0.5) is 11.4 Å². The van der Waals surface area contributed by atoms with Crippen LogP contribution in [0.3, 0.4) is 0 Å². The number of ether oxygens (including phenoxy) is 2. The van der Waals surface area contributed by atoms with Gasteiger partial charge in [-0.15, -0.1) is 0 Å². The van der Waals surface area contributed by atoms with Crippen LogP contribution in [0.1, 0.15) is 5.56 Å². The van der Waals surface area contributed by atoms with Crippen LogP contribution in [0, 0.1) is 6.92 Å². The van der Waals surface area contributed by atoms with Crippen LogP contribution >= 0.6 is 15.9 Å². The van der Waals surface area contributed by atoms with Crippen molar-refractivity contribution in [1.29, 1.82) is 0 Å². The summed E-state index contributed by atoms with van der Waals surface area (Å²) in [4.78, 5) is 23.1. The molecule has 0 aliphatic rings. The van der Waals surface area contributed by atoms with Gasteiger partial charge >= 0.3 is 5.97 Å². The molecule has 2 N–H and O–H groups in total. The number of benzene rings is 2. The number of anilines is 2. The molecule has 132 valence electrons. The van der Waals surface area contributed by atoms with Gasteiger partial charge in [0.15, 0.2) is 6.61 Å². The van der Waals surface area contributed by atoms with Crippen molar-refractivity contribution < 1.29 is 19.1 Å². The van der Waals surface area contributed by atoms with Gasteiger partial charge in [0.2, 0.25) is 5.91 Å². The third kappa shape index (κ3) is 6.11. The van der Waals surface area contributed by atoms with Crippen molar-refractivity contribution in [3.63, 3.8) is 0 Å². The molecule has 1 amide bonds. The van der Waals surface area contributed by atoms with Gasteiger partial charge in [-0.1, -0.05) is 15.9 Å². The summed E-state index contributed by atoms with van der Waals surface area (Å²) in [6, 6.07) is 12.7. The summed E-state index contributed by atoms with van der Waals surface area (Å²) in [6.45, 7) is 1.89. The van der Waals surface area contributed by atoms with E-state index < -0.39 is 5.97 Å². The fraction of sp³-hybridized carbons (Fsp3) is 0.222. The van der Waals surface area contributed by atoms with Crippen LogP contribution < -0.4 is 15.4 Å². The number of hydrogen-bond acceptors (Lipinski definition) is 5. The molecule has 0 aliphatic heterocycles. The second-order valence-corrected chi connectivity index (χ2v) is 6.17. The lowest BCUT2D eigenvalue weighted by Gasteiger charge is -2.12. The SMILES string of the molecule is COC(=O)COc1ccc(NCC(=O)Nc2ccc(Br)cc2)c(C)c1. The van der Waals surface area contributed by atoms with E-state index in [-0.39, 0.29) is 19.1 Å². The molecule has 2 rings (SSSR count). The number of carbonyl (C=O) groups is 2. The van der Waals surface area contributed by atoms with E-state index in [4.69, 9.17) is 4.74 Å². The molecule has 0 aliphatic carbocycles. The average Bonchev–Trinajstić information content (AvgIpc) is 2.60. The lowest BCUT2D eigenvalue weighted by molar-refractivity contribution is -0.142. The highest BCUT2D eigenvalue weighted by molar-refractivity contribution is 9.10. The molecule has 2 aromatic rings. The Hall–Kier alpha value is -2.54. The van der Waals surface area contributed by atoms with Gasteiger partial charge in [-0.05, 0) is 55.0 Å². The Bertz CT molecular complexity index is 747. The molecular formula is C18H19BrN2O4. The first kappa shape index (κ1) is 18.8. The Labute approximate surface area is 154 Å². The second kappa shape index (κ2) is 9.08. The van der Waals surface area contributed by atoms with Gasteiger partial charge in [0.25, 0.3) is 0 Å². The Morgan fingerprint density at radius 2 is 1.84 bits per heavy atom. The normalized spacial score (nSPS) is 10.0. The first-order chi connectivity index (χ1) is 12.0. The summed E-state index contributed by atoms with van der Waals surface area (Å²) < 4.78 is 10.8. The number of nitrogens with one attached hydrogen (secondary N) is 2. The van der Waals surface area contributed by atoms with Gasteiger partial charge in [0.1, 0.15) is 5.75 Å². The number of carbonyl (C=O) groups excluding carboxylic acids is 2. The molecule has 0 heterocycles.